The number of hydrogen-bond donors (Lipinski definition) is 2. The summed E-state index contributed by atoms with van der Waals surface area (Å²) in [6.07, 6.45) is 0.154. The minimum atomic E-state index is -1.03. The molecule has 2 N–H and O–H groups in total. The highest BCUT2D eigenvalue weighted by molar-refractivity contribution is 5.85. The lowest BCUT2D eigenvalue weighted by Crippen LogP contribution is -2.10. The molecule has 0 aromatic heterocycles. The van der Waals surface area contributed by atoms with Crippen LogP contribution in [0.4, 0.5) is 0 Å². The molecular formula is C7H12O3. The van der Waals surface area contributed by atoms with Crippen LogP contribution in [0.2, 0.25) is 0 Å². The molecule has 0 saturated carbocycles. The first-order valence-corrected chi connectivity index (χ1v) is 3.17. The molecule has 0 heterocycles. The van der Waals surface area contributed by atoms with Gasteiger partial charge in [-0.25, -0.2) is 4.79 Å². The SMILES string of the molecule is C=C(CC(O)CC)C(=O)O. The maximum Gasteiger partial charge on any atom is 0.331 e. The Kier molecular flexibility index (Phi) is 3.72. The first-order valence-electron chi connectivity index (χ1n) is 3.17. The van der Waals surface area contributed by atoms with Crippen LogP contribution in [0.25, 0.3) is 0 Å². The molecule has 3 heteroatoms. The van der Waals surface area contributed by atoms with Gasteiger partial charge < -0.3 is 10.2 Å². The monoisotopic (exact) mass is 144 g/mol. The molecule has 0 aliphatic carbocycles. The number of rotatable bonds is 4. The Hall–Kier alpha value is -0.830. The molecule has 1 unspecified atom stereocenters. The molecule has 0 aromatic carbocycles. The van der Waals surface area contributed by atoms with Crippen LogP contribution in [-0.2, 0) is 4.79 Å². The molecule has 0 bridgehead atoms. The molecule has 0 amide bonds. The topological polar surface area (TPSA) is 57.5 Å². The van der Waals surface area contributed by atoms with Crippen molar-refractivity contribution in [3.63, 3.8) is 0 Å². The van der Waals surface area contributed by atoms with Crippen molar-refractivity contribution in [1.29, 1.82) is 0 Å². The summed E-state index contributed by atoms with van der Waals surface area (Å²) >= 11 is 0. The fraction of sp³-hybridized carbons (Fsp3) is 0.571. The van der Waals surface area contributed by atoms with Crippen molar-refractivity contribution in [2.24, 2.45) is 0 Å². The van der Waals surface area contributed by atoms with Crippen LogP contribution in [-0.4, -0.2) is 22.3 Å². The third kappa shape index (κ3) is 3.25. The van der Waals surface area contributed by atoms with Gasteiger partial charge in [-0.05, 0) is 6.42 Å². The smallest absolute Gasteiger partial charge is 0.331 e. The summed E-state index contributed by atoms with van der Waals surface area (Å²) in [4.78, 5) is 10.1. The number of aliphatic hydroxyl groups is 1. The summed E-state index contributed by atoms with van der Waals surface area (Å²) < 4.78 is 0. The van der Waals surface area contributed by atoms with Crippen LogP contribution in [0.1, 0.15) is 19.8 Å². The fourth-order valence-electron chi connectivity index (χ4n) is 0.516. The van der Waals surface area contributed by atoms with Gasteiger partial charge in [-0.3, -0.25) is 0 Å². The van der Waals surface area contributed by atoms with Crippen LogP contribution in [0, 0.1) is 0 Å². The second-order valence-corrected chi connectivity index (χ2v) is 2.17. The molecule has 0 spiro atoms. The van der Waals surface area contributed by atoms with Crippen molar-refractivity contribution < 1.29 is 15.0 Å². The van der Waals surface area contributed by atoms with E-state index in [9.17, 15) is 4.79 Å². The molecule has 0 saturated heterocycles. The summed E-state index contributed by atoms with van der Waals surface area (Å²) in [5, 5.41) is 17.3. The van der Waals surface area contributed by atoms with Crippen molar-refractivity contribution in [2.45, 2.75) is 25.9 Å². The summed E-state index contributed by atoms with van der Waals surface area (Å²) in [5.74, 6) is -1.03. The highest BCUT2D eigenvalue weighted by atomic mass is 16.4. The van der Waals surface area contributed by atoms with Crippen LogP contribution in [0.15, 0.2) is 12.2 Å². The molecule has 1 atom stereocenters. The molecule has 58 valence electrons. The molecule has 3 nitrogen and oxygen atoms in total. The molecule has 0 rings (SSSR count). The maximum atomic E-state index is 10.1. The van der Waals surface area contributed by atoms with Gasteiger partial charge in [0.15, 0.2) is 0 Å². The van der Waals surface area contributed by atoms with Crippen LogP contribution >= 0.6 is 0 Å². The van der Waals surface area contributed by atoms with Crippen LogP contribution < -0.4 is 0 Å². The van der Waals surface area contributed by atoms with E-state index in [4.69, 9.17) is 10.2 Å². The lowest BCUT2D eigenvalue weighted by molar-refractivity contribution is -0.133. The minimum Gasteiger partial charge on any atom is -0.478 e. The largest absolute Gasteiger partial charge is 0.478 e. The maximum absolute atomic E-state index is 10.1. The quantitative estimate of drug-likeness (QED) is 0.573. The molecule has 0 aromatic rings. The normalized spacial score (nSPS) is 12.6. The highest BCUT2D eigenvalue weighted by Gasteiger charge is 2.08. The third-order valence-electron chi connectivity index (χ3n) is 1.26. The first kappa shape index (κ1) is 9.17. The van der Waals surface area contributed by atoms with E-state index in [2.05, 4.69) is 6.58 Å². The van der Waals surface area contributed by atoms with Crippen molar-refractivity contribution in [3.8, 4) is 0 Å². The average Bonchev–Trinajstić information content (AvgIpc) is 1.87. The Labute approximate surface area is 60.0 Å². The van der Waals surface area contributed by atoms with E-state index in [0.717, 1.165) is 0 Å². The summed E-state index contributed by atoms with van der Waals surface area (Å²) in [5.41, 5.74) is 0.0642. The average molecular weight is 144 g/mol. The van der Waals surface area contributed by atoms with Gasteiger partial charge in [0.25, 0.3) is 0 Å². The second-order valence-electron chi connectivity index (χ2n) is 2.17. The second kappa shape index (κ2) is 4.06. The lowest BCUT2D eigenvalue weighted by Gasteiger charge is -2.05. The van der Waals surface area contributed by atoms with Crippen molar-refractivity contribution in [3.05, 3.63) is 12.2 Å². The zero-order chi connectivity index (χ0) is 8.15. The predicted octanol–water partition coefficient (Wildman–Crippen LogP) is 0.788. The molecule has 0 fully saturated rings. The Bertz CT molecular complexity index is 140. The highest BCUT2D eigenvalue weighted by Crippen LogP contribution is 2.05. The van der Waals surface area contributed by atoms with Gasteiger partial charge in [0.05, 0.1) is 6.10 Å². The number of carboxylic acid groups (broad SMARTS) is 1. The van der Waals surface area contributed by atoms with Crippen LogP contribution in [0.5, 0.6) is 0 Å². The van der Waals surface area contributed by atoms with Crippen molar-refractivity contribution in [1.82, 2.24) is 0 Å². The minimum absolute atomic E-state index is 0.0642. The summed E-state index contributed by atoms with van der Waals surface area (Å²) in [7, 11) is 0. The Morgan fingerprint density at radius 3 is 2.50 bits per heavy atom. The van der Waals surface area contributed by atoms with Crippen molar-refractivity contribution in [2.75, 3.05) is 0 Å². The van der Waals surface area contributed by atoms with E-state index in [-0.39, 0.29) is 12.0 Å². The van der Waals surface area contributed by atoms with Gasteiger partial charge in [-0.2, -0.15) is 0 Å². The third-order valence-corrected chi connectivity index (χ3v) is 1.26. The lowest BCUT2D eigenvalue weighted by atomic mass is 10.1. The van der Waals surface area contributed by atoms with Crippen LogP contribution in [0.3, 0.4) is 0 Å². The van der Waals surface area contributed by atoms with E-state index in [1.54, 1.807) is 6.92 Å². The van der Waals surface area contributed by atoms with E-state index >= 15 is 0 Å². The van der Waals surface area contributed by atoms with Gasteiger partial charge >= 0.3 is 5.97 Å². The number of hydrogen-bond acceptors (Lipinski definition) is 2. The zero-order valence-corrected chi connectivity index (χ0v) is 6.00. The van der Waals surface area contributed by atoms with Gasteiger partial charge in [0.2, 0.25) is 0 Å². The van der Waals surface area contributed by atoms with E-state index in [1.807, 2.05) is 0 Å². The van der Waals surface area contributed by atoms with E-state index in [1.165, 1.54) is 0 Å². The molecular weight excluding hydrogens is 132 g/mol. The number of carboxylic acids is 1. The fourth-order valence-corrected chi connectivity index (χ4v) is 0.516. The predicted molar refractivity (Wildman–Crippen MR) is 37.7 cm³/mol. The standard InChI is InChI=1S/C7H12O3/c1-3-6(8)4-5(2)7(9)10/h6,8H,2-4H2,1H3,(H,9,10). The Balaban J connectivity index is 3.68. The van der Waals surface area contributed by atoms with E-state index in [0.29, 0.717) is 6.42 Å². The molecule has 0 aliphatic rings. The number of aliphatic carboxylic acids is 1. The van der Waals surface area contributed by atoms with Gasteiger partial charge in [-0.15, -0.1) is 0 Å². The Morgan fingerprint density at radius 1 is 1.70 bits per heavy atom. The van der Waals surface area contributed by atoms with Crippen molar-refractivity contribution >= 4 is 5.97 Å². The summed E-state index contributed by atoms with van der Waals surface area (Å²) in [6.45, 7) is 5.07. The zero-order valence-electron chi connectivity index (χ0n) is 6.00. The van der Waals surface area contributed by atoms with Gasteiger partial charge in [0, 0.05) is 12.0 Å². The number of aliphatic hydroxyl groups excluding tert-OH is 1. The van der Waals surface area contributed by atoms with Gasteiger partial charge in [-0.1, -0.05) is 13.5 Å². The van der Waals surface area contributed by atoms with E-state index < -0.39 is 12.1 Å². The molecule has 0 radical (unpaired) electrons. The molecule has 10 heavy (non-hydrogen) atoms. The Morgan fingerprint density at radius 2 is 2.20 bits per heavy atom. The van der Waals surface area contributed by atoms with Gasteiger partial charge in [0.1, 0.15) is 0 Å². The molecule has 0 aliphatic heterocycles. The summed E-state index contributed by atoms with van der Waals surface area (Å²) in [6, 6.07) is 0. The first-order chi connectivity index (χ1) is 4.57. The number of carbonyl (C=O) groups is 1.